The molecule has 3 aromatic rings. The van der Waals surface area contributed by atoms with Gasteiger partial charge in [-0.1, -0.05) is 30.3 Å². The second-order valence-corrected chi connectivity index (χ2v) is 6.72. The number of carbonyl (C=O) groups excluding carboxylic acids is 1. The maximum absolute atomic E-state index is 12.0. The lowest BCUT2D eigenvalue weighted by molar-refractivity contribution is 0.105. The third-order valence-electron chi connectivity index (χ3n) is 4.83. The highest BCUT2D eigenvalue weighted by Gasteiger charge is 2.23. The Bertz CT molecular complexity index is 900. The quantitative estimate of drug-likeness (QED) is 0.680. The molecule has 0 unspecified atom stereocenters. The minimum Gasteiger partial charge on any atom is -0.450 e. The first-order chi connectivity index (χ1) is 14.2. The topological polar surface area (TPSA) is 71.5 Å². The van der Waals surface area contributed by atoms with Crippen LogP contribution in [0.15, 0.2) is 60.9 Å². The van der Waals surface area contributed by atoms with Crippen LogP contribution < -0.4 is 4.90 Å². The maximum atomic E-state index is 12.0. The Morgan fingerprint density at radius 1 is 1.00 bits per heavy atom. The molecule has 0 spiro atoms. The van der Waals surface area contributed by atoms with Gasteiger partial charge in [0.05, 0.1) is 12.3 Å². The Balaban J connectivity index is 1.64. The summed E-state index contributed by atoms with van der Waals surface area (Å²) >= 11 is 0. The third-order valence-corrected chi connectivity index (χ3v) is 4.83. The molecule has 0 atom stereocenters. The smallest absolute Gasteiger partial charge is 0.409 e. The van der Waals surface area contributed by atoms with E-state index in [0.29, 0.717) is 38.6 Å². The van der Waals surface area contributed by atoms with Crippen molar-refractivity contribution in [1.82, 2.24) is 19.9 Å². The molecule has 7 heteroatoms. The molecule has 7 nitrogen and oxygen atoms in total. The number of rotatable bonds is 4. The van der Waals surface area contributed by atoms with Crippen molar-refractivity contribution in [2.75, 3.05) is 37.7 Å². The number of nitrogens with zero attached hydrogens (tertiary/aromatic N) is 5. The van der Waals surface area contributed by atoms with Gasteiger partial charge in [-0.05, 0) is 19.1 Å². The minimum atomic E-state index is -0.254. The number of aromatic nitrogens is 3. The highest BCUT2D eigenvalue weighted by Crippen LogP contribution is 2.26. The van der Waals surface area contributed by atoms with Gasteiger partial charge in [0.15, 0.2) is 5.82 Å². The van der Waals surface area contributed by atoms with E-state index >= 15 is 0 Å². The molecule has 0 N–H and O–H groups in total. The van der Waals surface area contributed by atoms with Crippen molar-refractivity contribution < 1.29 is 9.53 Å². The number of anilines is 1. The summed E-state index contributed by atoms with van der Waals surface area (Å²) in [7, 11) is 0. The second-order valence-electron chi connectivity index (χ2n) is 6.72. The van der Waals surface area contributed by atoms with E-state index in [-0.39, 0.29) is 6.09 Å². The van der Waals surface area contributed by atoms with Crippen LogP contribution >= 0.6 is 0 Å². The van der Waals surface area contributed by atoms with Gasteiger partial charge in [-0.3, -0.25) is 4.98 Å². The van der Waals surface area contributed by atoms with E-state index in [0.717, 1.165) is 22.6 Å². The first-order valence-corrected chi connectivity index (χ1v) is 9.76. The molecule has 0 bridgehead atoms. The molecule has 2 aromatic heterocycles. The number of carbonyl (C=O) groups is 1. The van der Waals surface area contributed by atoms with Crippen molar-refractivity contribution >= 4 is 11.9 Å². The zero-order chi connectivity index (χ0) is 20.1. The Morgan fingerprint density at radius 3 is 2.45 bits per heavy atom. The zero-order valence-electron chi connectivity index (χ0n) is 16.4. The Hall–Kier alpha value is -3.48. The monoisotopic (exact) mass is 389 g/mol. The summed E-state index contributed by atoms with van der Waals surface area (Å²) in [6.45, 7) is 4.80. The van der Waals surface area contributed by atoms with Crippen LogP contribution in [0.5, 0.6) is 0 Å². The van der Waals surface area contributed by atoms with Crippen LogP contribution in [-0.2, 0) is 4.74 Å². The molecule has 1 aliphatic heterocycles. The average molecular weight is 389 g/mol. The predicted octanol–water partition coefficient (Wildman–Crippen LogP) is 3.48. The van der Waals surface area contributed by atoms with Gasteiger partial charge in [-0.2, -0.15) is 0 Å². The summed E-state index contributed by atoms with van der Waals surface area (Å²) in [6.07, 6.45) is 3.25. The number of amides is 1. The second kappa shape index (κ2) is 8.68. The molecule has 1 fully saturated rings. The molecule has 0 saturated carbocycles. The normalized spacial score (nSPS) is 14.0. The molecular formula is C22H23N5O2. The lowest BCUT2D eigenvalue weighted by atomic mass is 10.1. The summed E-state index contributed by atoms with van der Waals surface area (Å²) in [6, 6.07) is 15.9. The van der Waals surface area contributed by atoms with Gasteiger partial charge in [-0.15, -0.1) is 0 Å². The van der Waals surface area contributed by atoms with Crippen molar-refractivity contribution in [3.8, 4) is 22.6 Å². The maximum Gasteiger partial charge on any atom is 0.409 e. The molecule has 148 valence electrons. The first-order valence-electron chi connectivity index (χ1n) is 9.76. The predicted molar refractivity (Wildman–Crippen MR) is 112 cm³/mol. The van der Waals surface area contributed by atoms with Gasteiger partial charge in [0.1, 0.15) is 5.82 Å². The van der Waals surface area contributed by atoms with Gasteiger partial charge in [0, 0.05) is 55.8 Å². The van der Waals surface area contributed by atoms with Crippen molar-refractivity contribution in [2.45, 2.75) is 6.92 Å². The standard InChI is InChI=1S/C22H23N5O2/c1-2-29-22(28)27-13-11-26(12-14-27)20-15-19(17-7-4-3-5-8-17)24-21(25-20)18-9-6-10-23-16-18/h3-10,15-16H,2,11-14H2,1H3. The molecule has 0 aliphatic carbocycles. The van der Waals surface area contributed by atoms with Crippen LogP contribution in [-0.4, -0.2) is 58.7 Å². The zero-order valence-corrected chi connectivity index (χ0v) is 16.4. The first kappa shape index (κ1) is 18.9. The van der Waals surface area contributed by atoms with E-state index in [1.807, 2.05) is 55.5 Å². The summed E-state index contributed by atoms with van der Waals surface area (Å²) in [4.78, 5) is 29.7. The molecular weight excluding hydrogens is 366 g/mol. The molecule has 1 aliphatic rings. The van der Waals surface area contributed by atoms with E-state index in [1.165, 1.54) is 0 Å². The van der Waals surface area contributed by atoms with Crippen LogP contribution in [0.2, 0.25) is 0 Å². The van der Waals surface area contributed by atoms with E-state index < -0.39 is 0 Å². The fraction of sp³-hybridized carbons (Fsp3) is 0.273. The van der Waals surface area contributed by atoms with Crippen molar-refractivity contribution in [3.05, 3.63) is 60.9 Å². The minimum absolute atomic E-state index is 0.254. The van der Waals surface area contributed by atoms with Crippen molar-refractivity contribution in [3.63, 3.8) is 0 Å². The fourth-order valence-electron chi connectivity index (χ4n) is 3.31. The SMILES string of the molecule is CCOC(=O)N1CCN(c2cc(-c3ccccc3)nc(-c3cccnc3)n2)CC1. The van der Waals surface area contributed by atoms with E-state index in [2.05, 4.69) is 9.88 Å². The van der Waals surface area contributed by atoms with E-state index in [1.54, 1.807) is 17.3 Å². The van der Waals surface area contributed by atoms with Crippen LogP contribution in [0.25, 0.3) is 22.6 Å². The van der Waals surface area contributed by atoms with E-state index in [4.69, 9.17) is 14.7 Å². The molecule has 1 amide bonds. The number of hydrogen-bond acceptors (Lipinski definition) is 6. The van der Waals surface area contributed by atoms with Gasteiger partial charge in [0.2, 0.25) is 0 Å². The van der Waals surface area contributed by atoms with Crippen molar-refractivity contribution in [2.24, 2.45) is 0 Å². The van der Waals surface area contributed by atoms with Crippen LogP contribution in [0.1, 0.15) is 6.92 Å². The molecule has 4 rings (SSSR count). The number of pyridine rings is 1. The molecule has 0 radical (unpaired) electrons. The summed E-state index contributed by atoms with van der Waals surface area (Å²) < 4.78 is 5.11. The highest BCUT2D eigenvalue weighted by atomic mass is 16.6. The average Bonchev–Trinajstić information content (AvgIpc) is 2.80. The number of ether oxygens (including phenoxy) is 1. The van der Waals surface area contributed by atoms with Crippen LogP contribution in [0.4, 0.5) is 10.6 Å². The highest BCUT2D eigenvalue weighted by molar-refractivity contribution is 5.69. The Labute approximate surface area is 170 Å². The third kappa shape index (κ3) is 4.34. The van der Waals surface area contributed by atoms with Gasteiger partial charge >= 0.3 is 6.09 Å². The van der Waals surface area contributed by atoms with Crippen LogP contribution in [0, 0.1) is 0 Å². The lowest BCUT2D eigenvalue weighted by Gasteiger charge is -2.35. The molecule has 1 aromatic carbocycles. The molecule has 3 heterocycles. The Morgan fingerprint density at radius 2 is 1.76 bits per heavy atom. The number of piperazine rings is 1. The molecule has 29 heavy (non-hydrogen) atoms. The van der Waals surface area contributed by atoms with Gasteiger partial charge in [-0.25, -0.2) is 14.8 Å². The van der Waals surface area contributed by atoms with Gasteiger partial charge in [0.25, 0.3) is 0 Å². The van der Waals surface area contributed by atoms with Gasteiger partial charge < -0.3 is 14.5 Å². The van der Waals surface area contributed by atoms with Crippen LogP contribution in [0.3, 0.4) is 0 Å². The number of hydrogen-bond donors (Lipinski definition) is 0. The lowest BCUT2D eigenvalue weighted by Crippen LogP contribution is -2.49. The van der Waals surface area contributed by atoms with E-state index in [9.17, 15) is 4.79 Å². The molecule has 1 saturated heterocycles. The number of benzene rings is 1. The summed E-state index contributed by atoms with van der Waals surface area (Å²) in [5, 5.41) is 0. The summed E-state index contributed by atoms with van der Waals surface area (Å²) in [5.74, 6) is 1.49. The largest absolute Gasteiger partial charge is 0.450 e. The summed E-state index contributed by atoms with van der Waals surface area (Å²) in [5.41, 5.74) is 2.77. The fourth-order valence-corrected chi connectivity index (χ4v) is 3.31. The van der Waals surface area contributed by atoms with Crippen molar-refractivity contribution in [1.29, 1.82) is 0 Å². The Kier molecular flexibility index (Phi) is 5.65.